The van der Waals surface area contributed by atoms with Crippen LogP contribution in [0.5, 0.6) is 0 Å². The summed E-state index contributed by atoms with van der Waals surface area (Å²) in [5, 5.41) is 11.5. The summed E-state index contributed by atoms with van der Waals surface area (Å²) in [4.78, 5) is 14.8. The number of fused-ring (bicyclic) bond motifs is 1. The number of aromatic nitrogens is 1. The van der Waals surface area contributed by atoms with Crippen molar-refractivity contribution < 1.29 is 9.90 Å². The second-order valence-corrected chi connectivity index (χ2v) is 6.13. The number of hydrogen-bond donors (Lipinski definition) is 2. The number of halogens is 1. The van der Waals surface area contributed by atoms with E-state index in [1.165, 1.54) is 6.08 Å². The van der Waals surface area contributed by atoms with Gasteiger partial charge < -0.3 is 10.1 Å². The molecule has 2 aromatic rings. The molecule has 0 bridgehead atoms. The molecule has 0 amide bonds. The summed E-state index contributed by atoms with van der Waals surface area (Å²) < 4.78 is 0.984. The Labute approximate surface area is 119 Å². The molecule has 3 rings (SSSR count). The van der Waals surface area contributed by atoms with Gasteiger partial charge in [0.1, 0.15) is 0 Å². The van der Waals surface area contributed by atoms with Crippen molar-refractivity contribution in [2.45, 2.75) is 24.9 Å². The first kappa shape index (κ1) is 12.6. The number of carbonyl (C=O) groups excluding carboxylic acids is 1. The van der Waals surface area contributed by atoms with Gasteiger partial charge in [-0.15, -0.1) is 0 Å². The lowest BCUT2D eigenvalue weighted by Gasteiger charge is -2.32. The van der Waals surface area contributed by atoms with Crippen molar-refractivity contribution in [1.82, 2.24) is 4.98 Å². The molecule has 4 heteroatoms. The van der Waals surface area contributed by atoms with E-state index in [1.54, 1.807) is 13.0 Å². The van der Waals surface area contributed by atoms with Crippen LogP contribution in [0, 0.1) is 0 Å². The summed E-state index contributed by atoms with van der Waals surface area (Å²) in [6.45, 7) is 1.75. The van der Waals surface area contributed by atoms with Gasteiger partial charge in [0.05, 0.1) is 5.60 Å². The number of carbonyl (C=O) groups is 1. The monoisotopic (exact) mass is 319 g/mol. The molecule has 1 aliphatic carbocycles. The third kappa shape index (κ3) is 2.15. The van der Waals surface area contributed by atoms with Crippen LogP contribution in [0.1, 0.15) is 24.8 Å². The second kappa shape index (κ2) is 4.32. The molecule has 2 N–H and O–H groups in total. The smallest absolute Gasteiger partial charge is 0.156 e. The van der Waals surface area contributed by atoms with E-state index in [9.17, 15) is 9.90 Å². The SMILES string of the molecule is C[C@]1(O)C=CC(=O)C[C@H]1c1c[nH]c2ccc(Br)cc12. The number of benzene rings is 1. The van der Waals surface area contributed by atoms with E-state index in [-0.39, 0.29) is 11.7 Å². The quantitative estimate of drug-likeness (QED) is 0.847. The average Bonchev–Trinajstić information content (AvgIpc) is 2.75. The maximum atomic E-state index is 11.6. The van der Waals surface area contributed by atoms with Gasteiger partial charge in [-0.2, -0.15) is 0 Å². The van der Waals surface area contributed by atoms with Gasteiger partial charge in [0.25, 0.3) is 0 Å². The van der Waals surface area contributed by atoms with Crippen LogP contribution in [0.3, 0.4) is 0 Å². The average molecular weight is 320 g/mol. The summed E-state index contributed by atoms with van der Waals surface area (Å²) in [6.07, 6.45) is 5.30. The Morgan fingerprint density at radius 1 is 1.47 bits per heavy atom. The van der Waals surface area contributed by atoms with Crippen LogP contribution in [0.15, 0.2) is 41.0 Å². The van der Waals surface area contributed by atoms with E-state index >= 15 is 0 Å². The number of aromatic amines is 1. The van der Waals surface area contributed by atoms with Crippen molar-refractivity contribution in [3.63, 3.8) is 0 Å². The molecule has 0 spiro atoms. The van der Waals surface area contributed by atoms with Crippen molar-refractivity contribution >= 4 is 32.6 Å². The zero-order valence-corrected chi connectivity index (χ0v) is 12.1. The summed E-state index contributed by atoms with van der Waals surface area (Å²) in [5.74, 6) is -0.158. The molecule has 1 aromatic heterocycles. The molecule has 0 fully saturated rings. The normalized spacial score (nSPS) is 27.1. The van der Waals surface area contributed by atoms with Crippen LogP contribution >= 0.6 is 15.9 Å². The number of allylic oxidation sites excluding steroid dienone is 1. The minimum absolute atomic E-state index is 0.0564. The first-order valence-corrected chi connectivity index (χ1v) is 6.97. The molecular weight excluding hydrogens is 306 g/mol. The van der Waals surface area contributed by atoms with Crippen LogP contribution in [-0.4, -0.2) is 21.5 Å². The molecule has 1 heterocycles. The van der Waals surface area contributed by atoms with E-state index in [0.717, 1.165) is 20.9 Å². The van der Waals surface area contributed by atoms with Crippen LogP contribution in [0.4, 0.5) is 0 Å². The van der Waals surface area contributed by atoms with Gasteiger partial charge in [0, 0.05) is 33.9 Å². The van der Waals surface area contributed by atoms with Gasteiger partial charge >= 0.3 is 0 Å². The molecule has 2 atom stereocenters. The number of nitrogens with one attached hydrogen (secondary N) is 1. The molecule has 19 heavy (non-hydrogen) atoms. The third-order valence-electron chi connectivity index (χ3n) is 3.77. The van der Waals surface area contributed by atoms with E-state index in [2.05, 4.69) is 20.9 Å². The lowest BCUT2D eigenvalue weighted by atomic mass is 9.76. The van der Waals surface area contributed by atoms with Gasteiger partial charge in [0.2, 0.25) is 0 Å². The predicted octanol–water partition coefficient (Wildman–Crippen LogP) is 3.29. The molecule has 0 saturated heterocycles. The molecule has 1 aliphatic rings. The lowest BCUT2D eigenvalue weighted by Crippen LogP contribution is -2.34. The number of rotatable bonds is 1. The molecule has 0 radical (unpaired) electrons. The molecule has 0 unspecified atom stereocenters. The topological polar surface area (TPSA) is 53.1 Å². The van der Waals surface area contributed by atoms with Crippen molar-refractivity contribution in [1.29, 1.82) is 0 Å². The zero-order chi connectivity index (χ0) is 13.6. The van der Waals surface area contributed by atoms with Gasteiger partial charge in [-0.3, -0.25) is 4.79 Å². The Balaban J connectivity index is 2.16. The van der Waals surface area contributed by atoms with E-state index < -0.39 is 5.60 Å². The van der Waals surface area contributed by atoms with Gasteiger partial charge in [-0.1, -0.05) is 15.9 Å². The Hall–Kier alpha value is -1.39. The summed E-state index contributed by atoms with van der Waals surface area (Å²) in [5.41, 5.74) is 1.00. The van der Waals surface area contributed by atoms with Gasteiger partial charge in [-0.25, -0.2) is 0 Å². The van der Waals surface area contributed by atoms with Crippen molar-refractivity contribution in [2.75, 3.05) is 0 Å². The molecular formula is C15H14BrNO2. The highest BCUT2D eigenvalue weighted by atomic mass is 79.9. The van der Waals surface area contributed by atoms with Crippen molar-refractivity contribution in [3.8, 4) is 0 Å². The van der Waals surface area contributed by atoms with Gasteiger partial charge in [-0.05, 0) is 42.8 Å². The van der Waals surface area contributed by atoms with Crippen molar-refractivity contribution in [3.05, 3.63) is 46.6 Å². The van der Waals surface area contributed by atoms with Crippen LogP contribution in [-0.2, 0) is 4.79 Å². The van der Waals surface area contributed by atoms with Crippen LogP contribution in [0.25, 0.3) is 10.9 Å². The minimum atomic E-state index is -0.995. The standard InChI is InChI=1S/C15H14BrNO2/c1-15(19)5-4-10(18)7-13(15)12-8-17-14-3-2-9(16)6-11(12)14/h2-6,8,13,17,19H,7H2,1H3/t13-,15-/m0/s1. The Morgan fingerprint density at radius 2 is 2.26 bits per heavy atom. The second-order valence-electron chi connectivity index (χ2n) is 5.22. The number of ketones is 1. The molecule has 98 valence electrons. The lowest BCUT2D eigenvalue weighted by molar-refractivity contribution is -0.117. The van der Waals surface area contributed by atoms with Gasteiger partial charge in [0.15, 0.2) is 5.78 Å². The fraction of sp³-hybridized carbons (Fsp3) is 0.267. The fourth-order valence-corrected chi connectivity index (χ4v) is 3.04. The molecule has 1 aromatic carbocycles. The first-order chi connectivity index (χ1) is 8.97. The number of aliphatic hydroxyl groups is 1. The zero-order valence-electron chi connectivity index (χ0n) is 10.5. The largest absolute Gasteiger partial charge is 0.385 e. The number of H-pyrrole nitrogens is 1. The van der Waals surface area contributed by atoms with Crippen LogP contribution < -0.4 is 0 Å². The highest BCUT2D eigenvalue weighted by Crippen LogP contribution is 2.39. The minimum Gasteiger partial charge on any atom is -0.385 e. The van der Waals surface area contributed by atoms with E-state index in [4.69, 9.17) is 0 Å². The summed E-state index contributed by atoms with van der Waals surface area (Å²) in [6, 6.07) is 5.96. The fourth-order valence-electron chi connectivity index (χ4n) is 2.68. The third-order valence-corrected chi connectivity index (χ3v) is 4.26. The van der Waals surface area contributed by atoms with E-state index in [1.807, 2.05) is 24.4 Å². The summed E-state index contributed by atoms with van der Waals surface area (Å²) >= 11 is 3.46. The predicted molar refractivity (Wildman–Crippen MR) is 78.1 cm³/mol. The van der Waals surface area contributed by atoms with Crippen LogP contribution in [0.2, 0.25) is 0 Å². The first-order valence-electron chi connectivity index (χ1n) is 6.18. The van der Waals surface area contributed by atoms with Crippen molar-refractivity contribution in [2.24, 2.45) is 0 Å². The maximum absolute atomic E-state index is 11.6. The highest BCUT2D eigenvalue weighted by Gasteiger charge is 2.36. The summed E-state index contributed by atoms with van der Waals surface area (Å²) in [7, 11) is 0. The molecule has 0 aliphatic heterocycles. The Morgan fingerprint density at radius 3 is 3.05 bits per heavy atom. The van der Waals surface area contributed by atoms with E-state index in [0.29, 0.717) is 6.42 Å². The number of hydrogen-bond acceptors (Lipinski definition) is 2. The Bertz CT molecular complexity index is 685. The highest BCUT2D eigenvalue weighted by molar-refractivity contribution is 9.10. The maximum Gasteiger partial charge on any atom is 0.156 e. The molecule has 0 saturated carbocycles. The Kier molecular flexibility index (Phi) is 2.87. The molecule has 3 nitrogen and oxygen atoms in total.